The fraction of sp³-hybridized carbons (Fsp3) is 0.485. The van der Waals surface area contributed by atoms with Crippen molar-refractivity contribution in [2.45, 2.75) is 77.4 Å². The van der Waals surface area contributed by atoms with Crippen LogP contribution in [0.1, 0.15) is 84.7 Å². The number of benzene rings is 2. The average Bonchev–Trinajstić information content (AvgIpc) is 3.36. The largest absolute Gasteiger partial charge is 0.456 e. The summed E-state index contributed by atoms with van der Waals surface area (Å²) in [6.07, 6.45) is 3.05. The molecule has 0 radical (unpaired) electrons. The minimum absolute atomic E-state index is 0.0309. The zero-order valence-corrected chi connectivity index (χ0v) is 23.6. The third-order valence-corrected chi connectivity index (χ3v) is 8.52. The van der Waals surface area contributed by atoms with E-state index in [0.717, 1.165) is 25.4 Å². The minimum atomic E-state index is -0.190. The molecule has 1 atom stereocenters. The minimum Gasteiger partial charge on any atom is -0.456 e. The lowest BCUT2D eigenvalue weighted by atomic mass is 9.62. The van der Waals surface area contributed by atoms with Crippen molar-refractivity contribution in [3.05, 3.63) is 93.9 Å². The van der Waals surface area contributed by atoms with E-state index in [9.17, 15) is 4.79 Å². The van der Waals surface area contributed by atoms with Crippen molar-refractivity contribution in [2.75, 3.05) is 26.2 Å². The van der Waals surface area contributed by atoms with Crippen LogP contribution in [0.2, 0.25) is 0 Å². The van der Waals surface area contributed by atoms with E-state index >= 15 is 0 Å². The molecule has 5 nitrogen and oxygen atoms in total. The fourth-order valence-corrected chi connectivity index (χ4v) is 5.92. The Hall–Kier alpha value is -2.89. The van der Waals surface area contributed by atoms with Gasteiger partial charge in [0.2, 0.25) is 0 Å². The Labute approximate surface area is 227 Å². The lowest BCUT2D eigenvalue weighted by molar-refractivity contribution is -0.0293. The standard InChI is InChI=1S/C33H42N2O3/c1-23-17-28-29(33(4,5)14-13-32(28,2)3)19-25(23)18-26-11-12-30(38-26)31(36)34-20-27-22-35(15-16-37-27)21-24-9-7-6-8-10-24/h6-12,17,19,27H,13-16,18,20-22H2,1-5H3,(H,34,36). The predicted octanol–water partition coefficient (Wildman–Crippen LogP) is 6.16. The lowest BCUT2D eigenvalue weighted by Crippen LogP contribution is -2.47. The molecular formula is C33H42N2O3. The maximum atomic E-state index is 12.9. The maximum absolute atomic E-state index is 12.9. The third-order valence-electron chi connectivity index (χ3n) is 8.52. The highest BCUT2D eigenvalue weighted by Gasteiger charge is 2.37. The molecule has 1 fully saturated rings. The molecule has 5 rings (SSSR count). The number of morpholine rings is 1. The van der Waals surface area contributed by atoms with Gasteiger partial charge in [-0.1, -0.05) is 70.2 Å². The molecule has 1 amide bonds. The number of fused-ring (bicyclic) bond motifs is 1. The normalized spacial score (nSPS) is 20.6. The smallest absolute Gasteiger partial charge is 0.287 e. The molecule has 2 aliphatic rings. The highest BCUT2D eigenvalue weighted by molar-refractivity contribution is 5.91. The number of hydrogen-bond acceptors (Lipinski definition) is 4. The zero-order chi connectivity index (χ0) is 26.9. The quantitative estimate of drug-likeness (QED) is 0.410. The summed E-state index contributed by atoms with van der Waals surface area (Å²) < 4.78 is 11.9. The van der Waals surface area contributed by atoms with Crippen LogP contribution >= 0.6 is 0 Å². The number of aryl methyl sites for hydroxylation is 1. The van der Waals surface area contributed by atoms with Gasteiger partial charge in [-0.2, -0.15) is 0 Å². The molecule has 1 saturated heterocycles. The van der Waals surface area contributed by atoms with Crippen LogP contribution < -0.4 is 5.32 Å². The summed E-state index contributed by atoms with van der Waals surface area (Å²) in [5.41, 5.74) is 7.14. The van der Waals surface area contributed by atoms with Crippen molar-refractivity contribution >= 4 is 5.91 Å². The van der Waals surface area contributed by atoms with Gasteiger partial charge < -0.3 is 14.5 Å². The average molecular weight is 515 g/mol. The Balaban J connectivity index is 1.19. The molecule has 0 saturated carbocycles. The summed E-state index contributed by atoms with van der Waals surface area (Å²) in [6.45, 7) is 15.3. The first-order valence-corrected chi connectivity index (χ1v) is 14.0. The first kappa shape index (κ1) is 26.7. The highest BCUT2D eigenvalue weighted by Crippen LogP contribution is 2.46. The SMILES string of the molecule is Cc1cc2c(cc1Cc1ccc(C(=O)NCC3CN(Cc4ccccc4)CCO3)o1)C(C)(C)CCC2(C)C. The van der Waals surface area contributed by atoms with Crippen LogP contribution in [0, 0.1) is 6.92 Å². The second kappa shape index (κ2) is 10.7. The van der Waals surface area contributed by atoms with Crippen LogP contribution in [0.25, 0.3) is 0 Å². The van der Waals surface area contributed by atoms with Crippen molar-refractivity contribution in [3.63, 3.8) is 0 Å². The van der Waals surface area contributed by atoms with Gasteiger partial charge in [0.25, 0.3) is 5.91 Å². The zero-order valence-electron chi connectivity index (χ0n) is 23.6. The first-order valence-electron chi connectivity index (χ1n) is 14.0. The number of nitrogens with one attached hydrogen (secondary N) is 1. The number of carbonyl (C=O) groups is 1. The topological polar surface area (TPSA) is 54.7 Å². The molecule has 1 aliphatic heterocycles. The Kier molecular flexibility index (Phi) is 7.52. The Morgan fingerprint density at radius 1 is 1.00 bits per heavy atom. The number of carbonyl (C=O) groups excluding carboxylic acids is 1. The fourth-order valence-electron chi connectivity index (χ4n) is 5.92. The molecular weight excluding hydrogens is 472 g/mol. The Morgan fingerprint density at radius 2 is 1.71 bits per heavy atom. The second-order valence-electron chi connectivity index (χ2n) is 12.5. The van der Waals surface area contributed by atoms with Crippen LogP contribution in [0.4, 0.5) is 0 Å². The van der Waals surface area contributed by atoms with Crippen molar-refractivity contribution in [2.24, 2.45) is 0 Å². The summed E-state index contributed by atoms with van der Waals surface area (Å²) in [6, 6.07) is 19.0. The number of rotatable bonds is 7. The van der Waals surface area contributed by atoms with Crippen LogP contribution in [-0.2, 0) is 28.5 Å². The van der Waals surface area contributed by atoms with Gasteiger partial charge in [-0.05, 0) is 70.5 Å². The Bertz CT molecular complexity index is 1270. The summed E-state index contributed by atoms with van der Waals surface area (Å²) in [5.74, 6) is 0.980. The summed E-state index contributed by atoms with van der Waals surface area (Å²) in [4.78, 5) is 15.2. The van der Waals surface area contributed by atoms with Gasteiger partial charge in [0.05, 0.1) is 12.7 Å². The highest BCUT2D eigenvalue weighted by atomic mass is 16.5. The molecule has 1 aromatic heterocycles. The van der Waals surface area contributed by atoms with Crippen molar-refractivity contribution in [1.29, 1.82) is 0 Å². The first-order chi connectivity index (χ1) is 18.1. The van der Waals surface area contributed by atoms with Gasteiger partial charge in [0.1, 0.15) is 5.76 Å². The van der Waals surface area contributed by atoms with E-state index in [0.29, 0.717) is 25.3 Å². The van der Waals surface area contributed by atoms with Gasteiger partial charge in [-0.15, -0.1) is 0 Å². The number of furan rings is 1. The molecule has 202 valence electrons. The van der Waals surface area contributed by atoms with E-state index in [4.69, 9.17) is 9.15 Å². The monoisotopic (exact) mass is 514 g/mol. The molecule has 1 unspecified atom stereocenters. The van der Waals surface area contributed by atoms with Crippen molar-refractivity contribution in [1.82, 2.24) is 10.2 Å². The number of amides is 1. The number of hydrogen-bond donors (Lipinski definition) is 1. The molecule has 2 aromatic carbocycles. The summed E-state index contributed by atoms with van der Waals surface area (Å²) in [5, 5.41) is 3.02. The van der Waals surface area contributed by atoms with Gasteiger partial charge in [0, 0.05) is 32.6 Å². The van der Waals surface area contributed by atoms with E-state index in [1.54, 1.807) is 6.07 Å². The molecule has 0 spiro atoms. The van der Waals surface area contributed by atoms with E-state index in [2.05, 4.69) is 81.2 Å². The molecule has 2 heterocycles. The van der Waals surface area contributed by atoms with Gasteiger partial charge >= 0.3 is 0 Å². The lowest BCUT2D eigenvalue weighted by Gasteiger charge is -2.42. The van der Waals surface area contributed by atoms with E-state index in [-0.39, 0.29) is 22.8 Å². The van der Waals surface area contributed by atoms with Crippen LogP contribution in [0.15, 0.2) is 59.0 Å². The molecule has 1 N–H and O–H groups in total. The summed E-state index contributed by atoms with van der Waals surface area (Å²) in [7, 11) is 0. The van der Waals surface area contributed by atoms with E-state index < -0.39 is 0 Å². The van der Waals surface area contributed by atoms with Crippen LogP contribution in [0.5, 0.6) is 0 Å². The predicted molar refractivity (Wildman–Crippen MR) is 152 cm³/mol. The van der Waals surface area contributed by atoms with Crippen LogP contribution in [-0.4, -0.2) is 43.2 Å². The molecule has 38 heavy (non-hydrogen) atoms. The third kappa shape index (κ3) is 5.89. The molecule has 0 bridgehead atoms. The van der Waals surface area contributed by atoms with Gasteiger partial charge in [-0.3, -0.25) is 9.69 Å². The molecule has 1 aliphatic carbocycles. The van der Waals surface area contributed by atoms with Gasteiger partial charge in [-0.25, -0.2) is 0 Å². The van der Waals surface area contributed by atoms with Crippen molar-refractivity contribution < 1.29 is 13.9 Å². The van der Waals surface area contributed by atoms with E-state index in [1.807, 2.05) is 12.1 Å². The summed E-state index contributed by atoms with van der Waals surface area (Å²) >= 11 is 0. The second-order valence-corrected chi connectivity index (χ2v) is 12.5. The molecule has 3 aromatic rings. The van der Waals surface area contributed by atoms with Crippen LogP contribution in [0.3, 0.4) is 0 Å². The molecule has 5 heteroatoms. The number of ether oxygens (including phenoxy) is 1. The van der Waals surface area contributed by atoms with E-state index in [1.165, 1.54) is 40.7 Å². The van der Waals surface area contributed by atoms with Crippen molar-refractivity contribution in [3.8, 4) is 0 Å². The van der Waals surface area contributed by atoms with Gasteiger partial charge in [0.15, 0.2) is 5.76 Å². The maximum Gasteiger partial charge on any atom is 0.287 e. The number of nitrogens with zero attached hydrogens (tertiary/aromatic N) is 1. The Morgan fingerprint density at radius 3 is 2.45 bits per heavy atom.